The van der Waals surface area contributed by atoms with E-state index in [4.69, 9.17) is 5.26 Å². The SMILES string of the molecule is C=C/C=C(\CCC=C)OC#N. The van der Waals surface area contributed by atoms with Crippen LogP contribution >= 0.6 is 0 Å². The largest absolute Gasteiger partial charge is 0.393 e. The molecule has 0 rings (SSSR count). The Balaban J connectivity index is 3.90. The Labute approximate surface area is 67.1 Å². The van der Waals surface area contributed by atoms with Crippen molar-refractivity contribution in [3.63, 3.8) is 0 Å². The summed E-state index contributed by atoms with van der Waals surface area (Å²) < 4.78 is 4.63. The number of hydrogen-bond acceptors (Lipinski definition) is 2. The average molecular weight is 149 g/mol. The summed E-state index contributed by atoms with van der Waals surface area (Å²) in [4.78, 5) is 0. The molecule has 0 radical (unpaired) electrons. The summed E-state index contributed by atoms with van der Waals surface area (Å²) in [6, 6.07) is 0. The fourth-order valence-electron chi connectivity index (χ4n) is 0.603. The van der Waals surface area contributed by atoms with E-state index < -0.39 is 0 Å². The van der Waals surface area contributed by atoms with Crippen LogP contribution in [0.15, 0.2) is 37.1 Å². The maximum Gasteiger partial charge on any atom is 0.291 e. The fraction of sp³-hybridized carbons (Fsp3) is 0.222. The molecule has 0 N–H and O–H groups in total. The van der Waals surface area contributed by atoms with Gasteiger partial charge in [-0.2, -0.15) is 0 Å². The molecule has 0 unspecified atom stereocenters. The standard InChI is InChI=1S/C9H11NO/c1-3-5-7-9(6-4-2)11-8-10/h3-4,6H,1-2,5,7H2/b9-6+. The summed E-state index contributed by atoms with van der Waals surface area (Å²) in [5, 5.41) is 8.19. The van der Waals surface area contributed by atoms with Crippen LogP contribution in [0.25, 0.3) is 0 Å². The van der Waals surface area contributed by atoms with Gasteiger partial charge >= 0.3 is 0 Å². The van der Waals surface area contributed by atoms with Crippen molar-refractivity contribution in [1.29, 1.82) is 5.26 Å². The van der Waals surface area contributed by atoms with Gasteiger partial charge in [-0.15, -0.1) is 11.8 Å². The van der Waals surface area contributed by atoms with Crippen LogP contribution in [0.5, 0.6) is 0 Å². The lowest BCUT2D eigenvalue weighted by atomic mass is 10.2. The van der Waals surface area contributed by atoms with Gasteiger partial charge in [0, 0.05) is 6.42 Å². The third-order valence-corrected chi connectivity index (χ3v) is 1.08. The second-order valence-corrected chi connectivity index (χ2v) is 1.89. The minimum absolute atomic E-state index is 0.627. The number of hydrogen-bond donors (Lipinski definition) is 0. The molecule has 0 aliphatic carbocycles. The van der Waals surface area contributed by atoms with Gasteiger partial charge in [0.1, 0.15) is 5.76 Å². The molecule has 0 atom stereocenters. The van der Waals surface area contributed by atoms with E-state index in [-0.39, 0.29) is 0 Å². The van der Waals surface area contributed by atoms with E-state index >= 15 is 0 Å². The third kappa shape index (κ3) is 4.98. The zero-order chi connectivity index (χ0) is 8.53. The van der Waals surface area contributed by atoms with Crippen molar-refractivity contribution < 1.29 is 4.74 Å². The molecule has 0 aromatic rings. The molecule has 0 saturated carbocycles. The Morgan fingerprint density at radius 3 is 2.73 bits per heavy atom. The first-order valence-electron chi connectivity index (χ1n) is 3.33. The molecular weight excluding hydrogens is 138 g/mol. The molecule has 2 heteroatoms. The Hall–Kier alpha value is -1.49. The molecule has 0 heterocycles. The van der Waals surface area contributed by atoms with Crippen LogP contribution in [-0.4, -0.2) is 0 Å². The number of allylic oxidation sites excluding steroid dienone is 4. The van der Waals surface area contributed by atoms with Gasteiger partial charge in [-0.25, -0.2) is 0 Å². The number of nitriles is 1. The molecule has 58 valence electrons. The molecule has 0 aliphatic rings. The lowest BCUT2D eigenvalue weighted by molar-refractivity contribution is 0.357. The zero-order valence-electron chi connectivity index (χ0n) is 6.42. The highest BCUT2D eigenvalue weighted by Gasteiger charge is 1.93. The lowest BCUT2D eigenvalue weighted by Gasteiger charge is -1.97. The Kier molecular flexibility index (Phi) is 5.73. The van der Waals surface area contributed by atoms with Crippen molar-refractivity contribution in [3.8, 4) is 6.26 Å². The molecule has 0 aromatic heterocycles. The van der Waals surface area contributed by atoms with Crippen LogP contribution in [0.2, 0.25) is 0 Å². The second-order valence-electron chi connectivity index (χ2n) is 1.89. The molecule has 2 nitrogen and oxygen atoms in total. The summed E-state index contributed by atoms with van der Waals surface area (Å²) >= 11 is 0. The minimum atomic E-state index is 0.627. The average Bonchev–Trinajstić information content (AvgIpc) is 2.01. The Bertz CT molecular complexity index is 198. The van der Waals surface area contributed by atoms with Crippen LogP contribution in [0.4, 0.5) is 0 Å². The van der Waals surface area contributed by atoms with E-state index in [1.165, 1.54) is 0 Å². The van der Waals surface area contributed by atoms with Gasteiger partial charge in [-0.05, 0) is 12.5 Å². The molecular formula is C9H11NO. The first kappa shape index (κ1) is 9.51. The molecule has 0 fully saturated rings. The maximum atomic E-state index is 8.19. The Morgan fingerprint density at radius 2 is 2.27 bits per heavy atom. The summed E-state index contributed by atoms with van der Waals surface area (Å²) in [5.74, 6) is 0.627. The van der Waals surface area contributed by atoms with E-state index in [1.807, 2.05) is 0 Å². The van der Waals surface area contributed by atoms with Crippen LogP contribution in [0.1, 0.15) is 12.8 Å². The van der Waals surface area contributed by atoms with E-state index in [0.29, 0.717) is 12.2 Å². The van der Waals surface area contributed by atoms with Gasteiger partial charge in [0.15, 0.2) is 0 Å². The minimum Gasteiger partial charge on any atom is -0.393 e. The van der Waals surface area contributed by atoms with Crippen LogP contribution < -0.4 is 0 Å². The molecule has 0 aliphatic heterocycles. The molecule has 0 aromatic carbocycles. The maximum absolute atomic E-state index is 8.19. The van der Waals surface area contributed by atoms with E-state index in [9.17, 15) is 0 Å². The highest BCUT2D eigenvalue weighted by atomic mass is 16.5. The topological polar surface area (TPSA) is 33.0 Å². The van der Waals surface area contributed by atoms with Crippen LogP contribution in [0, 0.1) is 11.5 Å². The summed E-state index contributed by atoms with van der Waals surface area (Å²) in [6.45, 7) is 7.06. The highest BCUT2D eigenvalue weighted by molar-refractivity contribution is 5.06. The van der Waals surface area contributed by atoms with Gasteiger partial charge in [0.05, 0.1) is 0 Å². The van der Waals surface area contributed by atoms with Gasteiger partial charge in [0.25, 0.3) is 6.26 Å². The van der Waals surface area contributed by atoms with Crippen molar-refractivity contribution in [2.45, 2.75) is 12.8 Å². The van der Waals surface area contributed by atoms with Crippen LogP contribution in [-0.2, 0) is 4.74 Å². The molecule has 11 heavy (non-hydrogen) atoms. The summed E-state index contributed by atoms with van der Waals surface area (Å²) in [5.41, 5.74) is 0. The Morgan fingerprint density at radius 1 is 1.55 bits per heavy atom. The summed E-state index contributed by atoms with van der Waals surface area (Å²) in [6.07, 6.45) is 8.16. The first-order chi connectivity index (χ1) is 5.35. The first-order valence-corrected chi connectivity index (χ1v) is 3.33. The number of nitrogens with zero attached hydrogens (tertiary/aromatic N) is 1. The van der Waals surface area contributed by atoms with Gasteiger partial charge in [0.2, 0.25) is 0 Å². The van der Waals surface area contributed by atoms with Crippen molar-refractivity contribution >= 4 is 0 Å². The van der Waals surface area contributed by atoms with E-state index in [0.717, 1.165) is 6.42 Å². The fourth-order valence-corrected chi connectivity index (χ4v) is 0.603. The predicted molar refractivity (Wildman–Crippen MR) is 44.4 cm³/mol. The zero-order valence-corrected chi connectivity index (χ0v) is 6.42. The van der Waals surface area contributed by atoms with Crippen molar-refractivity contribution in [2.75, 3.05) is 0 Å². The van der Waals surface area contributed by atoms with Crippen LogP contribution in [0.3, 0.4) is 0 Å². The molecule has 0 spiro atoms. The number of rotatable bonds is 5. The quantitative estimate of drug-likeness (QED) is 0.260. The third-order valence-electron chi connectivity index (χ3n) is 1.08. The van der Waals surface area contributed by atoms with E-state index in [2.05, 4.69) is 17.9 Å². The molecule has 0 bridgehead atoms. The monoisotopic (exact) mass is 149 g/mol. The number of ether oxygens (including phenoxy) is 1. The summed E-state index contributed by atoms with van der Waals surface area (Å²) in [7, 11) is 0. The second kappa shape index (κ2) is 6.63. The molecule has 0 amide bonds. The van der Waals surface area contributed by atoms with Crippen molar-refractivity contribution in [2.24, 2.45) is 0 Å². The predicted octanol–water partition coefficient (Wildman–Crippen LogP) is 2.52. The highest BCUT2D eigenvalue weighted by Crippen LogP contribution is 2.06. The lowest BCUT2D eigenvalue weighted by Crippen LogP contribution is -1.84. The molecule has 0 saturated heterocycles. The van der Waals surface area contributed by atoms with Gasteiger partial charge < -0.3 is 4.74 Å². The normalized spacial score (nSPS) is 9.91. The van der Waals surface area contributed by atoms with Gasteiger partial charge in [-0.1, -0.05) is 18.7 Å². The van der Waals surface area contributed by atoms with Crippen molar-refractivity contribution in [1.82, 2.24) is 0 Å². The van der Waals surface area contributed by atoms with E-state index in [1.54, 1.807) is 24.5 Å². The smallest absolute Gasteiger partial charge is 0.291 e. The van der Waals surface area contributed by atoms with Gasteiger partial charge in [-0.3, -0.25) is 0 Å². The van der Waals surface area contributed by atoms with Crippen molar-refractivity contribution in [3.05, 3.63) is 37.1 Å².